The Kier molecular flexibility index (Phi) is 4.43. The molecule has 0 unspecified atom stereocenters. The summed E-state index contributed by atoms with van der Waals surface area (Å²) in [6.45, 7) is 0.964. The Morgan fingerprint density at radius 1 is 1.20 bits per heavy atom. The van der Waals surface area contributed by atoms with Crippen LogP contribution < -0.4 is 9.47 Å². The highest BCUT2D eigenvalue weighted by Gasteiger charge is 2.14. The van der Waals surface area contributed by atoms with Crippen molar-refractivity contribution in [1.82, 2.24) is 9.55 Å². The molecule has 0 aliphatic heterocycles. The van der Waals surface area contributed by atoms with Gasteiger partial charge in [-0.15, -0.1) is 0 Å². The van der Waals surface area contributed by atoms with Gasteiger partial charge in [0.15, 0.2) is 11.5 Å². The monoisotopic (exact) mass is 275 g/mol. The number of hydrogen-bond donors (Lipinski definition) is 0. The van der Waals surface area contributed by atoms with Gasteiger partial charge in [-0.1, -0.05) is 0 Å². The topological polar surface area (TPSA) is 69.3 Å². The van der Waals surface area contributed by atoms with E-state index in [9.17, 15) is 0 Å². The average Bonchev–Trinajstić information content (AvgIpc) is 2.80. The van der Waals surface area contributed by atoms with Gasteiger partial charge in [0.25, 0.3) is 0 Å². The van der Waals surface area contributed by atoms with Crippen LogP contribution in [-0.2, 0) is 17.9 Å². The second-order valence-electron chi connectivity index (χ2n) is 4.22. The molecule has 1 aromatic carbocycles. The van der Waals surface area contributed by atoms with E-state index in [4.69, 9.17) is 19.5 Å². The van der Waals surface area contributed by atoms with Crippen molar-refractivity contribution in [2.45, 2.75) is 19.6 Å². The largest absolute Gasteiger partial charge is 0.493 e. The van der Waals surface area contributed by atoms with Crippen LogP contribution in [0.1, 0.15) is 12.2 Å². The summed E-state index contributed by atoms with van der Waals surface area (Å²) >= 11 is 0. The number of nitriles is 1. The summed E-state index contributed by atoms with van der Waals surface area (Å²) in [6.07, 6.45) is 0.413. The summed E-state index contributed by atoms with van der Waals surface area (Å²) < 4.78 is 17.7. The van der Waals surface area contributed by atoms with Gasteiger partial charge in [0.1, 0.15) is 12.4 Å². The van der Waals surface area contributed by atoms with Crippen LogP contribution in [0.4, 0.5) is 0 Å². The molecule has 1 aromatic heterocycles. The Labute approximate surface area is 117 Å². The van der Waals surface area contributed by atoms with Crippen LogP contribution in [0.3, 0.4) is 0 Å². The molecule has 0 aliphatic rings. The highest BCUT2D eigenvalue weighted by molar-refractivity contribution is 5.80. The van der Waals surface area contributed by atoms with E-state index in [0.717, 1.165) is 16.9 Å². The lowest BCUT2D eigenvalue weighted by molar-refractivity contribution is 0.174. The minimum absolute atomic E-state index is 0.394. The van der Waals surface area contributed by atoms with Gasteiger partial charge >= 0.3 is 0 Å². The van der Waals surface area contributed by atoms with Crippen molar-refractivity contribution < 1.29 is 14.2 Å². The van der Waals surface area contributed by atoms with Gasteiger partial charge in [-0.2, -0.15) is 5.26 Å². The van der Waals surface area contributed by atoms with Crippen molar-refractivity contribution in [1.29, 1.82) is 5.26 Å². The number of hydrogen-bond acceptors (Lipinski definition) is 5. The van der Waals surface area contributed by atoms with Gasteiger partial charge in [-0.3, -0.25) is 0 Å². The summed E-state index contributed by atoms with van der Waals surface area (Å²) in [5, 5.41) is 8.78. The smallest absolute Gasteiger partial charge is 0.163 e. The molecule has 0 N–H and O–H groups in total. The van der Waals surface area contributed by atoms with Crippen LogP contribution in [0.15, 0.2) is 12.1 Å². The van der Waals surface area contributed by atoms with Crippen molar-refractivity contribution in [3.63, 3.8) is 0 Å². The second kappa shape index (κ2) is 6.26. The molecule has 106 valence electrons. The van der Waals surface area contributed by atoms with E-state index in [0.29, 0.717) is 31.1 Å². The first-order valence-corrected chi connectivity index (χ1v) is 6.22. The Morgan fingerprint density at radius 2 is 1.90 bits per heavy atom. The molecule has 0 saturated carbocycles. The predicted molar refractivity (Wildman–Crippen MR) is 73.8 cm³/mol. The fourth-order valence-electron chi connectivity index (χ4n) is 2.15. The van der Waals surface area contributed by atoms with E-state index in [1.54, 1.807) is 21.3 Å². The fourth-order valence-corrected chi connectivity index (χ4v) is 2.15. The lowest BCUT2D eigenvalue weighted by Crippen LogP contribution is -2.04. The molecule has 6 heteroatoms. The zero-order valence-electron chi connectivity index (χ0n) is 11.8. The van der Waals surface area contributed by atoms with Gasteiger partial charge in [-0.05, 0) is 0 Å². The van der Waals surface area contributed by atoms with Crippen molar-refractivity contribution in [3.05, 3.63) is 18.0 Å². The summed E-state index contributed by atoms with van der Waals surface area (Å²) in [6, 6.07) is 5.85. The third-order valence-electron chi connectivity index (χ3n) is 3.05. The molecule has 6 nitrogen and oxygen atoms in total. The van der Waals surface area contributed by atoms with Gasteiger partial charge in [0, 0.05) is 25.8 Å². The molecule has 0 fully saturated rings. The van der Waals surface area contributed by atoms with Gasteiger partial charge in [0.05, 0.1) is 37.7 Å². The molecular formula is C14H17N3O3. The summed E-state index contributed by atoms with van der Waals surface area (Å²) in [5.41, 5.74) is 1.71. The molecule has 0 spiro atoms. The Morgan fingerprint density at radius 3 is 2.50 bits per heavy atom. The number of methoxy groups -OCH3 is 3. The van der Waals surface area contributed by atoms with E-state index in [-0.39, 0.29) is 0 Å². The van der Waals surface area contributed by atoms with E-state index in [1.165, 1.54) is 0 Å². The molecule has 0 atom stereocenters. The van der Waals surface area contributed by atoms with E-state index >= 15 is 0 Å². The first-order valence-electron chi connectivity index (χ1n) is 6.22. The van der Waals surface area contributed by atoms with Crippen LogP contribution in [0, 0.1) is 11.3 Å². The number of rotatable bonds is 6. The van der Waals surface area contributed by atoms with E-state index < -0.39 is 0 Å². The summed E-state index contributed by atoms with van der Waals surface area (Å²) in [5.74, 6) is 2.06. The standard InChI is InChI=1S/C14H17N3O3/c1-18-9-14-16-10-7-12(19-2)13(20-3)8-11(10)17(14)6-4-5-15/h7-8H,4,6,9H2,1-3H3. The fraction of sp³-hybridized carbons (Fsp3) is 0.429. The lowest BCUT2D eigenvalue weighted by atomic mass is 10.2. The summed E-state index contributed by atoms with van der Waals surface area (Å²) in [4.78, 5) is 4.53. The van der Waals surface area contributed by atoms with Crippen LogP contribution in [0.5, 0.6) is 11.5 Å². The molecular weight excluding hydrogens is 258 g/mol. The van der Waals surface area contributed by atoms with Crippen LogP contribution in [0.2, 0.25) is 0 Å². The number of benzene rings is 1. The van der Waals surface area contributed by atoms with Gasteiger partial charge < -0.3 is 18.8 Å². The number of imidazole rings is 1. The van der Waals surface area contributed by atoms with Gasteiger partial charge in [0.2, 0.25) is 0 Å². The predicted octanol–water partition coefficient (Wildman–Crippen LogP) is 2.11. The molecule has 0 bridgehead atoms. The molecule has 0 saturated heterocycles. The maximum atomic E-state index is 8.78. The normalized spacial score (nSPS) is 10.5. The van der Waals surface area contributed by atoms with Gasteiger partial charge in [-0.25, -0.2) is 4.98 Å². The average molecular weight is 275 g/mol. The zero-order chi connectivity index (χ0) is 14.5. The maximum absolute atomic E-state index is 8.78. The number of nitrogens with zero attached hydrogens (tertiary/aromatic N) is 3. The maximum Gasteiger partial charge on any atom is 0.163 e. The quantitative estimate of drug-likeness (QED) is 0.807. The lowest BCUT2D eigenvalue weighted by Gasteiger charge is -2.09. The molecule has 0 radical (unpaired) electrons. The van der Waals surface area contributed by atoms with Crippen molar-refractivity contribution in [3.8, 4) is 17.6 Å². The molecule has 0 aliphatic carbocycles. The number of fused-ring (bicyclic) bond motifs is 1. The number of aryl methyl sites for hydroxylation is 1. The van der Waals surface area contributed by atoms with Crippen LogP contribution in [0.25, 0.3) is 11.0 Å². The van der Waals surface area contributed by atoms with Crippen molar-refractivity contribution >= 4 is 11.0 Å². The molecule has 20 heavy (non-hydrogen) atoms. The van der Waals surface area contributed by atoms with Crippen molar-refractivity contribution in [2.24, 2.45) is 0 Å². The summed E-state index contributed by atoms with van der Waals surface area (Å²) in [7, 11) is 4.80. The van der Waals surface area contributed by atoms with E-state index in [2.05, 4.69) is 11.1 Å². The Hall–Kier alpha value is -2.26. The van der Waals surface area contributed by atoms with Crippen LogP contribution in [-0.4, -0.2) is 30.9 Å². The highest BCUT2D eigenvalue weighted by Crippen LogP contribution is 2.32. The number of aromatic nitrogens is 2. The minimum atomic E-state index is 0.394. The molecule has 1 heterocycles. The van der Waals surface area contributed by atoms with Crippen molar-refractivity contribution in [2.75, 3.05) is 21.3 Å². The second-order valence-corrected chi connectivity index (χ2v) is 4.22. The first-order chi connectivity index (χ1) is 9.74. The highest BCUT2D eigenvalue weighted by atomic mass is 16.5. The molecule has 0 amide bonds. The third kappa shape index (κ3) is 2.53. The Bertz CT molecular complexity index is 643. The minimum Gasteiger partial charge on any atom is -0.493 e. The molecule has 2 rings (SSSR count). The van der Waals surface area contributed by atoms with Crippen LogP contribution >= 0.6 is 0 Å². The van der Waals surface area contributed by atoms with E-state index in [1.807, 2.05) is 16.7 Å². The Balaban J connectivity index is 2.59. The SMILES string of the molecule is COCc1nc2cc(OC)c(OC)cc2n1CCC#N. The third-order valence-corrected chi connectivity index (χ3v) is 3.05. The zero-order valence-corrected chi connectivity index (χ0v) is 11.8. The number of ether oxygens (including phenoxy) is 3. The first kappa shape index (κ1) is 14.2. The molecule has 2 aromatic rings.